The first-order valence-corrected chi connectivity index (χ1v) is 22.8. The molecule has 2 fully saturated rings. The highest BCUT2D eigenvalue weighted by molar-refractivity contribution is 6.36. The topological polar surface area (TPSA) is 96.2 Å². The molecule has 0 spiro atoms. The number of rotatable bonds is 16. The lowest BCUT2D eigenvalue weighted by molar-refractivity contribution is -0.241. The number of aliphatic hydroxyl groups is 3. The molecule has 0 heterocycles. The van der Waals surface area contributed by atoms with Gasteiger partial charge in [-0.05, 0) is 140 Å². The zero-order valence-corrected chi connectivity index (χ0v) is 40.5. The quantitative estimate of drug-likeness (QED) is 0.0752. The molecule has 2 aliphatic rings. The SMILES string of the molecule is C=C(C)C(CC=C(C)C)CC12CC(CC=C(C)C)C(C)(C)C(CC=C(C)C)(C(O)C(=C(O)c3ccc(OCc4c(Cl)cccc4Cl)c(OCc4c(Cl)cccc4Cl)c3)C1=O)C2O. The highest BCUT2D eigenvalue weighted by atomic mass is 35.5. The maximum Gasteiger partial charge on any atom is 0.174 e. The van der Waals surface area contributed by atoms with E-state index < -0.39 is 40.0 Å². The molecular weight excluding hydrogens is 862 g/mol. The summed E-state index contributed by atoms with van der Waals surface area (Å²) in [4.78, 5) is 15.7. The molecule has 334 valence electrons. The first-order chi connectivity index (χ1) is 29.1. The Hall–Kier alpha value is -3.49. The summed E-state index contributed by atoms with van der Waals surface area (Å²) in [5.74, 6) is -0.640. The van der Waals surface area contributed by atoms with Crippen LogP contribution in [0, 0.1) is 28.1 Å². The van der Waals surface area contributed by atoms with Gasteiger partial charge in [-0.25, -0.2) is 0 Å². The summed E-state index contributed by atoms with van der Waals surface area (Å²) >= 11 is 26.1. The van der Waals surface area contributed by atoms with E-state index in [9.17, 15) is 15.3 Å². The summed E-state index contributed by atoms with van der Waals surface area (Å²) in [6.45, 7) is 22.6. The Kier molecular flexibility index (Phi) is 16.1. The maximum absolute atomic E-state index is 15.7. The maximum atomic E-state index is 15.7. The van der Waals surface area contributed by atoms with Crippen molar-refractivity contribution in [1.29, 1.82) is 0 Å². The molecule has 62 heavy (non-hydrogen) atoms. The van der Waals surface area contributed by atoms with Gasteiger partial charge in [0.1, 0.15) is 19.0 Å². The van der Waals surface area contributed by atoms with Gasteiger partial charge in [-0.1, -0.05) is 119 Å². The lowest BCUT2D eigenvalue weighted by Crippen LogP contribution is -2.73. The minimum absolute atomic E-state index is 0.00174. The highest BCUT2D eigenvalue weighted by Crippen LogP contribution is 2.69. The van der Waals surface area contributed by atoms with Crippen LogP contribution >= 0.6 is 46.4 Å². The average molecular weight is 925 g/mol. The van der Waals surface area contributed by atoms with Gasteiger partial charge in [0, 0.05) is 42.2 Å². The molecule has 3 aromatic rings. The van der Waals surface area contributed by atoms with Crippen molar-refractivity contribution in [3.8, 4) is 11.5 Å². The Labute approximate surface area is 388 Å². The standard InChI is InChI=1S/C52H62Cl4O6/c1-30(2)17-19-35(33(7)8)26-51-27-36(21-18-31(3)4)50(9,10)52(49(51)60,24-23-32(5)6)48(59)45(47(51)58)46(57)34-20-22-43(61-28-37-39(53)13-11-14-40(37)54)44(25-34)62-29-38-41(55)15-12-16-42(38)56/h11-18,20,22-23,25,35-36,48-49,57,59-60H,7,19,21,24,26-29H2,1-6,8-10H3. The highest BCUT2D eigenvalue weighted by Gasteiger charge is 2.73. The smallest absolute Gasteiger partial charge is 0.174 e. The number of aliphatic hydroxyl groups excluding tert-OH is 3. The van der Waals surface area contributed by atoms with E-state index in [0.717, 1.165) is 22.3 Å². The molecule has 0 radical (unpaired) electrons. The van der Waals surface area contributed by atoms with Crippen LogP contribution in [0.25, 0.3) is 5.76 Å². The third kappa shape index (κ3) is 9.92. The average Bonchev–Trinajstić information content (AvgIpc) is 3.19. The van der Waals surface area contributed by atoms with Gasteiger partial charge in [0.15, 0.2) is 17.3 Å². The third-order valence-corrected chi connectivity index (χ3v) is 14.8. The van der Waals surface area contributed by atoms with Crippen molar-refractivity contribution in [1.82, 2.24) is 0 Å². The van der Waals surface area contributed by atoms with Crippen molar-refractivity contribution in [3.05, 3.63) is 144 Å². The Morgan fingerprint density at radius 1 is 0.790 bits per heavy atom. The number of hydrogen-bond acceptors (Lipinski definition) is 6. The molecule has 3 N–H and O–H groups in total. The normalized spacial score (nSPS) is 24.1. The summed E-state index contributed by atoms with van der Waals surface area (Å²) in [6.07, 6.45) is 5.78. The minimum Gasteiger partial charge on any atom is -0.507 e. The first-order valence-electron chi connectivity index (χ1n) is 21.2. The van der Waals surface area contributed by atoms with Crippen LogP contribution in [-0.4, -0.2) is 33.3 Å². The molecule has 5 rings (SSSR count). The second-order valence-electron chi connectivity index (χ2n) is 18.6. The Morgan fingerprint density at radius 2 is 1.31 bits per heavy atom. The van der Waals surface area contributed by atoms with E-state index >= 15 is 4.79 Å². The number of allylic oxidation sites excluding steroid dienone is 7. The molecule has 6 atom stereocenters. The molecule has 0 aliphatic heterocycles. The molecule has 0 amide bonds. The van der Waals surface area contributed by atoms with Crippen molar-refractivity contribution >= 4 is 57.9 Å². The predicted molar refractivity (Wildman–Crippen MR) is 256 cm³/mol. The van der Waals surface area contributed by atoms with Crippen LogP contribution in [0.3, 0.4) is 0 Å². The van der Waals surface area contributed by atoms with Gasteiger partial charge in [-0.2, -0.15) is 0 Å². The molecule has 2 bridgehead atoms. The Balaban J connectivity index is 1.75. The second-order valence-corrected chi connectivity index (χ2v) is 20.3. The van der Waals surface area contributed by atoms with Gasteiger partial charge in [0.05, 0.1) is 23.2 Å². The number of hydrogen-bond donors (Lipinski definition) is 3. The fourth-order valence-electron chi connectivity index (χ4n) is 9.50. The van der Waals surface area contributed by atoms with Crippen LogP contribution in [-0.2, 0) is 18.0 Å². The monoisotopic (exact) mass is 922 g/mol. The van der Waals surface area contributed by atoms with Crippen LogP contribution in [0.1, 0.15) is 111 Å². The zero-order chi connectivity index (χ0) is 45.9. The summed E-state index contributed by atoms with van der Waals surface area (Å²) in [7, 11) is 0. The van der Waals surface area contributed by atoms with E-state index in [2.05, 4.69) is 46.4 Å². The second kappa shape index (κ2) is 20.1. The number of Topliss-reactive ketones (excluding diaryl/α,β-unsaturated/α-hetero) is 1. The summed E-state index contributed by atoms with van der Waals surface area (Å²) < 4.78 is 12.6. The van der Waals surface area contributed by atoms with E-state index in [1.807, 2.05) is 40.7 Å². The van der Waals surface area contributed by atoms with Crippen LogP contribution in [0.4, 0.5) is 0 Å². The number of ether oxygens (including phenoxy) is 2. The molecule has 2 saturated carbocycles. The van der Waals surface area contributed by atoms with Crippen molar-refractivity contribution < 1.29 is 29.6 Å². The first kappa shape index (κ1) is 49.5. The van der Waals surface area contributed by atoms with Crippen LogP contribution in [0.5, 0.6) is 11.5 Å². The lowest BCUT2D eigenvalue weighted by atomic mass is 9.37. The number of ketones is 1. The number of carbonyl (C=O) groups excluding carboxylic acids is 1. The van der Waals surface area contributed by atoms with E-state index in [4.69, 9.17) is 55.9 Å². The molecule has 2 aliphatic carbocycles. The number of carbonyl (C=O) groups is 1. The number of halogens is 4. The molecular formula is C52H62Cl4O6. The molecule has 10 heteroatoms. The molecule has 6 unspecified atom stereocenters. The minimum atomic E-state index is -1.55. The third-order valence-electron chi connectivity index (χ3n) is 13.4. The van der Waals surface area contributed by atoms with Crippen LogP contribution in [0.2, 0.25) is 20.1 Å². The number of fused-ring (bicyclic) bond motifs is 2. The van der Waals surface area contributed by atoms with Gasteiger partial charge in [-0.3, -0.25) is 4.79 Å². The van der Waals surface area contributed by atoms with Crippen LogP contribution in [0.15, 0.2) is 107 Å². The van der Waals surface area contributed by atoms with Crippen molar-refractivity contribution in [2.24, 2.45) is 28.1 Å². The molecule has 0 aromatic heterocycles. The summed E-state index contributed by atoms with van der Waals surface area (Å²) in [6, 6.07) is 15.2. The Bertz CT molecular complexity index is 2250. The van der Waals surface area contributed by atoms with Gasteiger partial charge in [0.2, 0.25) is 0 Å². The van der Waals surface area contributed by atoms with Gasteiger partial charge < -0.3 is 24.8 Å². The van der Waals surface area contributed by atoms with Crippen molar-refractivity contribution in [3.63, 3.8) is 0 Å². The largest absolute Gasteiger partial charge is 0.507 e. The van der Waals surface area contributed by atoms with E-state index in [1.54, 1.807) is 54.6 Å². The predicted octanol–water partition coefficient (Wildman–Crippen LogP) is 14.7. The van der Waals surface area contributed by atoms with E-state index in [1.165, 1.54) is 0 Å². The fourth-order valence-corrected chi connectivity index (χ4v) is 10.5. The van der Waals surface area contributed by atoms with Crippen molar-refractivity contribution in [2.75, 3.05) is 0 Å². The Morgan fingerprint density at radius 3 is 1.81 bits per heavy atom. The summed E-state index contributed by atoms with van der Waals surface area (Å²) in [5.41, 5.74) is 1.99. The fraction of sp³-hybridized carbons (Fsp3) is 0.442. The van der Waals surface area contributed by atoms with E-state index in [0.29, 0.717) is 50.5 Å². The molecule has 0 saturated heterocycles. The zero-order valence-electron chi connectivity index (χ0n) is 37.5. The van der Waals surface area contributed by atoms with Crippen LogP contribution < -0.4 is 9.47 Å². The number of benzene rings is 3. The molecule has 3 aromatic carbocycles. The van der Waals surface area contributed by atoms with Gasteiger partial charge in [-0.15, -0.1) is 0 Å². The summed E-state index contributed by atoms with van der Waals surface area (Å²) in [5, 5.41) is 40.4. The van der Waals surface area contributed by atoms with Gasteiger partial charge >= 0.3 is 0 Å². The van der Waals surface area contributed by atoms with Crippen molar-refractivity contribution in [2.45, 2.75) is 120 Å². The lowest BCUT2D eigenvalue weighted by Gasteiger charge is -2.67. The molecule has 6 nitrogen and oxygen atoms in total. The van der Waals surface area contributed by atoms with Gasteiger partial charge in [0.25, 0.3) is 0 Å². The van der Waals surface area contributed by atoms with E-state index in [-0.39, 0.29) is 60.5 Å².